The first-order valence-corrected chi connectivity index (χ1v) is 7.76. The normalized spacial score (nSPS) is 17.6. The molecular formula is C17H21N3O2. The fourth-order valence-electron chi connectivity index (χ4n) is 2.87. The van der Waals surface area contributed by atoms with Crippen LogP contribution in [0.25, 0.3) is 11.3 Å². The van der Waals surface area contributed by atoms with Crippen LogP contribution in [0.2, 0.25) is 0 Å². The zero-order valence-corrected chi connectivity index (χ0v) is 12.8. The van der Waals surface area contributed by atoms with Crippen molar-refractivity contribution < 1.29 is 9.32 Å². The first-order valence-electron chi connectivity index (χ1n) is 7.76. The highest BCUT2D eigenvalue weighted by atomic mass is 16.5. The van der Waals surface area contributed by atoms with Crippen molar-refractivity contribution in [3.8, 4) is 11.3 Å². The number of aromatic nitrogens is 1. The summed E-state index contributed by atoms with van der Waals surface area (Å²) in [6.45, 7) is 4.60. The lowest BCUT2D eigenvalue weighted by molar-refractivity contribution is 0.0950. The average molecular weight is 299 g/mol. The van der Waals surface area contributed by atoms with Gasteiger partial charge in [0.25, 0.3) is 5.91 Å². The number of nitrogens with zero attached hydrogens (tertiary/aromatic N) is 1. The van der Waals surface area contributed by atoms with E-state index in [1.165, 1.54) is 6.42 Å². The molecule has 116 valence electrons. The third-order valence-corrected chi connectivity index (χ3v) is 4.14. The van der Waals surface area contributed by atoms with Crippen LogP contribution in [0, 0.1) is 12.8 Å². The largest absolute Gasteiger partial charge is 0.360 e. The van der Waals surface area contributed by atoms with E-state index in [0.717, 1.165) is 25.1 Å². The molecule has 0 radical (unpaired) electrons. The van der Waals surface area contributed by atoms with E-state index in [-0.39, 0.29) is 5.91 Å². The predicted octanol–water partition coefficient (Wildman–Crippen LogP) is 2.38. The van der Waals surface area contributed by atoms with Crippen molar-refractivity contribution in [3.63, 3.8) is 0 Å². The molecule has 0 bridgehead atoms. The second-order valence-electron chi connectivity index (χ2n) is 5.73. The van der Waals surface area contributed by atoms with E-state index in [9.17, 15) is 4.79 Å². The number of benzene rings is 1. The molecule has 0 spiro atoms. The Labute approximate surface area is 130 Å². The molecule has 1 aromatic heterocycles. The van der Waals surface area contributed by atoms with Crippen molar-refractivity contribution >= 4 is 5.91 Å². The van der Waals surface area contributed by atoms with Gasteiger partial charge in [0.1, 0.15) is 17.0 Å². The molecule has 1 amide bonds. The predicted molar refractivity (Wildman–Crippen MR) is 84.6 cm³/mol. The number of hydrogen-bond donors (Lipinski definition) is 2. The van der Waals surface area contributed by atoms with Gasteiger partial charge < -0.3 is 15.2 Å². The number of nitrogens with one attached hydrogen (secondary N) is 2. The number of carbonyl (C=O) groups is 1. The van der Waals surface area contributed by atoms with Gasteiger partial charge in [-0.25, -0.2) is 0 Å². The lowest BCUT2D eigenvalue weighted by Crippen LogP contribution is -2.27. The van der Waals surface area contributed by atoms with Gasteiger partial charge in [0, 0.05) is 12.1 Å². The molecule has 0 saturated carbocycles. The van der Waals surface area contributed by atoms with Gasteiger partial charge in [-0.1, -0.05) is 35.5 Å². The molecule has 3 rings (SSSR count). The van der Waals surface area contributed by atoms with E-state index in [2.05, 4.69) is 15.8 Å². The Morgan fingerprint density at radius 3 is 2.95 bits per heavy atom. The molecule has 22 heavy (non-hydrogen) atoms. The Hall–Kier alpha value is -2.14. The first-order chi connectivity index (χ1) is 10.8. The summed E-state index contributed by atoms with van der Waals surface area (Å²) in [5.74, 6) is 1.11. The molecule has 2 aromatic rings. The lowest BCUT2D eigenvalue weighted by Gasteiger charge is -2.09. The van der Waals surface area contributed by atoms with Crippen molar-refractivity contribution in [2.75, 3.05) is 19.6 Å². The maximum atomic E-state index is 12.5. The monoisotopic (exact) mass is 299 g/mol. The first kappa shape index (κ1) is 14.8. The van der Waals surface area contributed by atoms with Crippen LogP contribution in [0.4, 0.5) is 0 Å². The van der Waals surface area contributed by atoms with Gasteiger partial charge in [-0.05, 0) is 38.8 Å². The maximum Gasteiger partial charge on any atom is 0.257 e. The van der Waals surface area contributed by atoms with E-state index >= 15 is 0 Å². The highest BCUT2D eigenvalue weighted by molar-refractivity contribution is 6.00. The van der Waals surface area contributed by atoms with Gasteiger partial charge in [-0.15, -0.1) is 0 Å². The van der Waals surface area contributed by atoms with Crippen LogP contribution in [-0.4, -0.2) is 30.7 Å². The quantitative estimate of drug-likeness (QED) is 0.889. The standard InChI is InChI=1S/C17H21N3O2/c1-12-15(16(20-22-12)14-5-3-2-4-6-14)17(21)19-10-8-13-7-9-18-11-13/h2-6,13,18H,7-11H2,1H3,(H,19,21). The molecule has 1 saturated heterocycles. The minimum Gasteiger partial charge on any atom is -0.360 e. The summed E-state index contributed by atoms with van der Waals surface area (Å²) in [6.07, 6.45) is 2.20. The summed E-state index contributed by atoms with van der Waals surface area (Å²) in [5.41, 5.74) is 2.04. The van der Waals surface area contributed by atoms with Crippen molar-refractivity contribution in [1.82, 2.24) is 15.8 Å². The highest BCUT2D eigenvalue weighted by Crippen LogP contribution is 2.24. The van der Waals surface area contributed by atoms with Gasteiger partial charge in [-0.3, -0.25) is 4.79 Å². The van der Waals surface area contributed by atoms with E-state index in [1.807, 2.05) is 30.3 Å². The maximum absolute atomic E-state index is 12.5. The second-order valence-corrected chi connectivity index (χ2v) is 5.73. The van der Waals surface area contributed by atoms with Gasteiger partial charge in [0.15, 0.2) is 0 Å². The molecule has 5 nitrogen and oxygen atoms in total. The van der Waals surface area contributed by atoms with Crippen LogP contribution in [-0.2, 0) is 0 Å². The van der Waals surface area contributed by atoms with Gasteiger partial charge >= 0.3 is 0 Å². The van der Waals surface area contributed by atoms with Crippen LogP contribution < -0.4 is 10.6 Å². The van der Waals surface area contributed by atoms with Gasteiger partial charge in [-0.2, -0.15) is 0 Å². The summed E-state index contributed by atoms with van der Waals surface area (Å²) < 4.78 is 5.23. The fraction of sp³-hybridized carbons (Fsp3) is 0.412. The fourth-order valence-corrected chi connectivity index (χ4v) is 2.87. The topological polar surface area (TPSA) is 67.2 Å². The van der Waals surface area contributed by atoms with Crippen LogP contribution in [0.5, 0.6) is 0 Å². The lowest BCUT2D eigenvalue weighted by atomic mass is 10.0. The van der Waals surface area contributed by atoms with Crippen LogP contribution in [0.3, 0.4) is 0 Å². The van der Waals surface area contributed by atoms with Gasteiger partial charge in [0.2, 0.25) is 0 Å². The van der Waals surface area contributed by atoms with Crippen LogP contribution in [0.15, 0.2) is 34.9 Å². The minimum atomic E-state index is -0.108. The second kappa shape index (κ2) is 6.75. The Balaban J connectivity index is 1.68. The molecule has 0 aliphatic carbocycles. The van der Waals surface area contributed by atoms with E-state index in [4.69, 9.17) is 4.52 Å². The van der Waals surface area contributed by atoms with Crippen molar-refractivity contribution in [2.45, 2.75) is 19.8 Å². The minimum absolute atomic E-state index is 0.108. The molecule has 1 atom stereocenters. The number of hydrogen-bond acceptors (Lipinski definition) is 4. The Morgan fingerprint density at radius 2 is 2.23 bits per heavy atom. The molecule has 2 N–H and O–H groups in total. The average Bonchev–Trinajstić information content (AvgIpc) is 3.17. The molecule has 1 aliphatic rings. The third-order valence-electron chi connectivity index (χ3n) is 4.14. The summed E-state index contributed by atoms with van der Waals surface area (Å²) in [5, 5.41) is 10.4. The molecule has 1 unspecified atom stereocenters. The number of amides is 1. The van der Waals surface area contributed by atoms with E-state index in [1.54, 1.807) is 6.92 Å². The zero-order valence-electron chi connectivity index (χ0n) is 12.8. The van der Waals surface area contributed by atoms with E-state index in [0.29, 0.717) is 29.5 Å². The smallest absolute Gasteiger partial charge is 0.257 e. The molecular weight excluding hydrogens is 278 g/mol. The summed E-state index contributed by atoms with van der Waals surface area (Å²) in [4.78, 5) is 12.5. The summed E-state index contributed by atoms with van der Waals surface area (Å²) in [6, 6.07) is 9.64. The Kier molecular flexibility index (Phi) is 4.53. The Bertz CT molecular complexity index is 631. The van der Waals surface area contributed by atoms with Crippen LogP contribution >= 0.6 is 0 Å². The molecule has 1 aromatic carbocycles. The molecule has 2 heterocycles. The highest BCUT2D eigenvalue weighted by Gasteiger charge is 2.21. The molecule has 1 aliphatic heterocycles. The number of carbonyl (C=O) groups excluding carboxylic acids is 1. The van der Waals surface area contributed by atoms with Crippen molar-refractivity contribution in [3.05, 3.63) is 41.7 Å². The van der Waals surface area contributed by atoms with E-state index < -0.39 is 0 Å². The van der Waals surface area contributed by atoms with Crippen LogP contribution in [0.1, 0.15) is 29.0 Å². The van der Waals surface area contributed by atoms with Gasteiger partial charge in [0.05, 0.1) is 0 Å². The zero-order chi connectivity index (χ0) is 15.4. The van der Waals surface area contributed by atoms with Crippen molar-refractivity contribution in [2.24, 2.45) is 5.92 Å². The van der Waals surface area contributed by atoms with Crippen molar-refractivity contribution in [1.29, 1.82) is 0 Å². The molecule has 1 fully saturated rings. The molecule has 5 heteroatoms. The summed E-state index contributed by atoms with van der Waals surface area (Å²) >= 11 is 0. The number of rotatable bonds is 5. The third kappa shape index (κ3) is 3.20. The SMILES string of the molecule is Cc1onc(-c2ccccc2)c1C(=O)NCCC1CCNC1. The number of aryl methyl sites for hydroxylation is 1. The summed E-state index contributed by atoms with van der Waals surface area (Å²) in [7, 11) is 0. The Morgan fingerprint density at radius 1 is 1.41 bits per heavy atom.